The lowest BCUT2D eigenvalue weighted by Crippen LogP contribution is -2.34. The Hall–Kier alpha value is -0.830. The van der Waals surface area contributed by atoms with Crippen LogP contribution < -0.4 is 5.11 Å². The number of carbonyl (C=O) groups excluding carboxylic acids is 1. The molecule has 0 heterocycles. The summed E-state index contributed by atoms with van der Waals surface area (Å²) in [5.41, 5.74) is 0. The minimum atomic E-state index is -1.23. The molecule has 12 heavy (non-hydrogen) atoms. The summed E-state index contributed by atoms with van der Waals surface area (Å²) >= 11 is 0. The second-order valence-corrected chi connectivity index (χ2v) is 3.54. The molecule has 0 N–H and O–H groups in total. The van der Waals surface area contributed by atoms with Gasteiger partial charge in [-0.25, -0.2) is 0 Å². The summed E-state index contributed by atoms with van der Waals surface area (Å²) in [6.07, 6.45) is 2.00. The normalized spacial score (nSPS) is 9.67. The van der Waals surface area contributed by atoms with E-state index in [4.69, 9.17) is 9.90 Å². The van der Waals surface area contributed by atoms with Crippen molar-refractivity contribution in [1.82, 2.24) is 0 Å². The number of hydrogen-bond donors (Lipinski definition) is 0. The van der Waals surface area contributed by atoms with Crippen molar-refractivity contribution in [1.29, 1.82) is 0 Å². The largest absolute Gasteiger partial charge is 0.545 e. The van der Waals surface area contributed by atoms with Crippen LogP contribution in [0.1, 0.15) is 13.3 Å². The number of rotatable bonds is 3. The Morgan fingerprint density at radius 3 is 1.83 bits per heavy atom. The molecule has 0 aliphatic heterocycles. The summed E-state index contributed by atoms with van der Waals surface area (Å²) < 4.78 is 1.09. The van der Waals surface area contributed by atoms with Gasteiger partial charge in [0.2, 0.25) is 0 Å². The first-order chi connectivity index (χ1) is 5.33. The summed E-state index contributed by atoms with van der Waals surface area (Å²) in [6, 6.07) is 0. The van der Waals surface area contributed by atoms with Crippen molar-refractivity contribution in [2.75, 3.05) is 27.7 Å². The van der Waals surface area contributed by atoms with Crippen molar-refractivity contribution in [3.63, 3.8) is 0 Å². The molecule has 0 spiro atoms. The van der Waals surface area contributed by atoms with Crippen LogP contribution in [0.3, 0.4) is 0 Å². The predicted octanol–water partition coefficient (Wildman–Crippen LogP) is 0.0249. The van der Waals surface area contributed by atoms with Gasteiger partial charge >= 0.3 is 0 Å². The molecule has 0 fully saturated rings. The van der Waals surface area contributed by atoms with Crippen LogP contribution in [0.15, 0.2) is 12.7 Å². The van der Waals surface area contributed by atoms with Gasteiger partial charge in [0.25, 0.3) is 0 Å². The molecule has 0 aliphatic carbocycles. The minimum Gasteiger partial charge on any atom is -0.545 e. The number of hydrogen-bond acceptors (Lipinski definition) is 2. The SMILES string of the molecule is C=CC(=O)[O-].CCC[N+](C)(C)C. The van der Waals surface area contributed by atoms with Gasteiger partial charge < -0.3 is 14.4 Å². The third-order valence-electron chi connectivity index (χ3n) is 1.06. The molecule has 3 nitrogen and oxygen atoms in total. The fourth-order valence-corrected chi connectivity index (χ4v) is 0.671. The van der Waals surface area contributed by atoms with Crippen LogP contribution >= 0.6 is 0 Å². The quantitative estimate of drug-likeness (QED) is 0.446. The van der Waals surface area contributed by atoms with Gasteiger partial charge in [0, 0.05) is 0 Å². The Morgan fingerprint density at radius 1 is 1.50 bits per heavy atom. The fourth-order valence-electron chi connectivity index (χ4n) is 0.671. The van der Waals surface area contributed by atoms with Crippen LogP contribution in [0.25, 0.3) is 0 Å². The maximum absolute atomic E-state index is 9.14. The van der Waals surface area contributed by atoms with E-state index in [0.717, 1.165) is 10.6 Å². The average Bonchev–Trinajstić information content (AvgIpc) is 1.86. The number of carbonyl (C=O) groups is 1. The standard InChI is InChI=1S/C6H16N.C3H4O2/c1-5-6-7(2,3)4;1-2-3(4)5/h5-6H2,1-4H3;2H,1H2,(H,4,5)/q+1;/p-1. The van der Waals surface area contributed by atoms with Crippen LogP contribution in [0, 0.1) is 0 Å². The minimum absolute atomic E-state index is 0.722. The zero-order valence-electron chi connectivity index (χ0n) is 8.46. The first-order valence-electron chi connectivity index (χ1n) is 3.97. The zero-order valence-corrected chi connectivity index (χ0v) is 8.46. The Kier molecular flexibility index (Phi) is 7.85. The summed E-state index contributed by atoms with van der Waals surface area (Å²) in [5, 5.41) is 9.14. The Labute approximate surface area is 74.9 Å². The Morgan fingerprint density at radius 2 is 1.83 bits per heavy atom. The maximum atomic E-state index is 9.14. The van der Waals surface area contributed by atoms with Crippen molar-refractivity contribution < 1.29 is 14.4 Å². The van der Waals surface area contributed by atoms with Crippen molar-refractivity contribution in [2.45, 2.75) is 13.3 Å². The molecule has 0 saturated heterocycles. The lowest BCUT2D eigenvalue weighted by atomic mass is 10.4. The van der Waals surface area contributed by atoms with Crippen LogP contribution in [0.4, 0.5) is 0 Å². The van der Waals surface area contributed by atoms with E-state index in [-0.39, 0.29) is 0 Å². The molecular weight excluding hydrogens is 154 g/mol. The van der Waals surface area contributed by atoms with Gasteiger partial charge in [-0.3, -0.25) is 0 Å². The molecule has 0 unspecified atom stereocenters. The van der Waals surface area contributed by atoms with E-state index < -0.39 is 5.97 Å². The van der Waals surface area contributed by atoms with Crippen molar-refractivity contribution >= 4 is 5.97 Å². The van der Waals surface area contributed by atoms with Crippen molar-refractivity contribution in [2.24, 2.45) is 0 Å². The van der Waals surface area contributed by atoms with Crippen LogP contribution in [0.2, 0.25) is 0 Å². The summed E-state index contributed by atoms with van der Waals surface area (Å²) in [6.45, 7) is 6.39. The second-order valence-electron chi connectivity index (χ2n) is 3.54. The molecule has 0 amide bonds. The van der Waals surface area contributed by atoms with E-state index >= 15 is 0 Å². The Balaban J connectivity index is 0. The molecule has 0 aromatic rings. The predicted molar refractivity (Wildman–Crippen MR) is 48.4 cm³/mol. The van der Waals surface area contributed by atoms with E-state index in [1.54, 1.807) is 0 Å². The van der Waals surface area contributed by atoms with Gasteiger partial charge in [0.15, 0.2) is 0 Å². The van der Waals surface area contributed by atoms with Crippen LogP contribution in [-0.4, -0.2) is 38.1 Å². The van der Waals surface area contributed by atoms with E-state index in [9.17, 15) is 0 Å². The molecule has 0 bridgehead atoms. The number of aliphatic carboxylic acids is 1. The number of quaternary nitrogens is 1. The second kappa shape index (κ2) is 6.85. The van der Waals surface area contributed by atoms with Crippen LogP contribution in [-0.2, 0) is 4.79 Å². The van der Waals surface area contributed by atoms with Gasteiger partial charge in [-0.15, -0.1) is 0 Å². The van der Waals surface area contributed by atoms with Gasteiger partial charge in [-0.1, -0.05) is 13.5 Å². The molecule has 0 aromatic carbocycles. The van der Waals surface area contributed by atoms with E-state index in [0.29, 0.717) is 0 Å². The highest BCUT2D eigenvalue weighted by molar-refractivity contribution is 5.76. The molecule has 0 rings (SSSR count). The topological polar surface area (TPSA) is 40.1 Å². The smallest absolute Gasteiger partial charge is 0.0777 e. The highest BCUT2D eigenvalue weighted by atomic mass is 16.4. The number of carboxylic acids is 1. The number of nitrogens with zero attached hydrogens (tertiary/aromatic N) is 1. The molecule has 0 radical (unpaired) electrons. The maximum Gasteiger partial charge on any atom is 0.0777 e. The van der Waals surface area contributed by atoms with Crippen LogP contribution in [0.5, 0.6) is 0 Å². The molecule has 3 heteroatoms. The first kappa shape index (κ1) is 13.7. The van der Waals surface area contributed by atoms with Gasteiger partial charge in [-0.2, -0.15) is 0 Å². The third kappa shape index (κ3) is 22.9. The highest BCUT2D eigenvalue weighted by Gasteiger charge is 2.01. The summed E-state index contributed by atoms with van der Waals surface area (Å²) in [5.74, 6) is -1.23. The lowest BCUT2D eigenvalue weighted by Gasteiger charge is -2.22. The van der Waals surface area contributed by atoms with Gasteiger partial charge in [0.05, 0.1) is 33.7 Å². The van der Waals surface area contributed by atoms with Gasteiger partial charge in [0.1, 0.15) is 0 Å². The molecule has 0 aromatic heterocycles. The lowest BCUT2D eigenvalue weighted by molar-refractivity contribution is -0.870. The highest BCUT2D eigenvalue weighted by Crippen LogP contribution is 1.90. The van der Waals surface area contributed by atoms with E-state index in [2.05, 4.69) is 34.6 Å². The molecule has 0 atom stereocenters. The van der Waals surface area contributed by atoms with E-state index in [1.807, 2.05) is 0 Å². The van der Waals surface area contributed by atoms with Gasteiger partial charge in [-0.05, 0) is 12.5 Å². The third-order valence-corrected chi connectivity index (χ3v) is 1.06. The molecule has 72 valence electrons. The molecule has 0 saturated carbocycles. The summed E-state index contributed by atoms with van der Waals surface area (Å²) in [4.78, 5) is 9.14. The van der Waals surface area contributed by atoms with Crippen molar-refractivity contribution in [3.8, 4) is 0 Å². The first-order valence-corrected chi connectivity index (χ1v) is 3.97. The molecule has 0 aliphatic rings. The molecular formula is C9H19NO2. The fraction of sp³-hybridized carbons (Fsp3) is 0.667. The Bertz CT molecular complexity index is 136. The summed E-state index contributed by atoms with van der Waals surface area (Å²) in [7, 11) is 6.64. The zero-order chi connectivity index (χ0) is 10.2. The number of carboxylic acid groups (broad SMARTS) is 1. The monoisotopic (exact) mass is 173 g/mol. The van der Waals surface area contributed by atoms with Crippen molar-refractivity contribution in [3.05, 3.63) is 12.7 Å². The average molecular weight is 173 g/mol. The van der Waals surface area contributed by atoms with E-state index in [1.165, 1.54) is 13.0 Å².